The van der Waals surface area contributed by atoms with Crippen molar-refractivity contribution < 1.29 is 8.95 Å². The molecule has 0 bridgehead atoms. The zero-order chi connectivity index (χ0) is 15.7. The van der Waals surface area contributed by atoms with E-state index in [1.54, 1.807) is 14.2 Å². The molecule has 0 aliphatic heterocycles. The lowest BCUT2D eigenvalue weighted by molar-refractivity contribution is 0.0268. The van der Waals surface area contributed by atoms with Gasteiger partial charge in [0.25, 0.3) is 0 Å². The average molecular weight is 311 g/mol. The Hall–Kier alpha value is -1.40. The first kappa shape index (κ1) is 17.7. The van der Waals surface area contributed by atoms with Gasteiger partial charge in [0, 0.05) is 37.9 Å². The number of hydrogen-bond donors (Lipinski definition) is 2. The minimum atomic E-state index is -0.994. The summed E-state index contributed by atoms with van der Waals surface area (Å²) < 4.78 is 17.4. The standard InChI is InChI=1S/C15H25N3O2S/c1-15(2,20-4)12-18-14(16-3)17-10-11-21(19)13-8-6-5-7-9-13/h5-9H,10-12H2,1-4H3,(H2,16,17,18). The van der Waals surface area contributed by atoms with Gasteiger partial charge in [0.05, 0.1) is 16.4 Å². The van der Waals surface area contributed by atoms with Crippen molar-refractivity contribution in [2.75, 3.05) is 33.0 Å². The van der Waals surface area contributed by atoms with Crippen LogP contribution in [0.1, 0.15) is 13.8 Å². The lowest BCUT2D eigenvalue weighted by atomic mass is 10.1. The first-order valence-electron chi connectivity index (χ1n) is 6.91. The summed E-state index contributed by atoms with van der Waals surface area (Å²) >= 11 is 0. The monoisotopic (exact) mass is 311 g/mol. The highest BCUT2D eigenvalue weighted by Gasteiger charge is 2.16. The zero-order valence-electron chi connectivity index (χ0n) is 13.2. The fourth-order valence-electron chi connectivity index (χ4n) is 1.54. The first-order chi connectivity index (χ1) is 9.98. The van der Waals surface area contributed by atoms with Gasteiger partial charge < -0.3 is 15.4 Å². The predicted molar refractivity (Wildman–Crippen MR) is 88.2 cm³/mol. The molecule has 6 heteroatoms. The highest BCUT2D eigenvalue weighted by molar-refractivity contribution is 7.85. The number of guanidine groups is 1. The molecule has 0 amide bonds. The Kier molecular flexibility index (Phi) is 7.39. The van der Waals surface area contributed by atoms with Gasteiger partial charge in [-0.1, -0.05) is 18.2 Å². The molecule has 0 aromatic heterocycles. The Bertz CT molecular complexity index is 475. The van der Waals surface area contributed by atoms with E-state index >= 15 is 0 Å². The molecule has 0 aliphatic rings. The topological polar surface area (TPSA) is 62.7 Å². The van der Waals surface area contributed by atoms with Crippen molar-refractivity contribution in [1.82, 2.24) is 10.6 Å². The van der Waals surface area contributed by atoms with Crippen LogP contribution in [0.4, 0.5) is 0 Å². The molecule has 0 saturated carbocycles. The molecular weight excluding hydrogens is 286 g/mol. The van der Waals surface area contributed by atoms with Crippen LogP contribution in [0.15, 0.2) is 40.2 Å². The van der Waals surface area contributed by atoms with Gasteiger partial charge in [0.15, 0.2) is 5.96 Å². The number of hydrogen-bond acceptors (Lipinski definition) is 3. The molecule has 0 spiro atoms. The normalized spacial score (nSPS) is 13.8. The van der Waals surface area contributed by atoms with Crippen LogP contribution in [0.3, 0.4) is 0 Å². The summed E-state index contributed by atoms with van der Waals surface area (Å²) in [6.07, 6.45) is 0. The summed E-state index contributed by atoms with van der Waals surface area (Å²) in [6.45, 7) is 5.23. The summed E-state index contributed by atoms with van der Waals surface area (Å²) in [6, 6.07) is 9.47. The third-order valence-corrected chi connectivity index (χ3v) is 4.42. The van der Waals surface area contributed by atoms with E-state index in [2.05, 4.69) is 15.6 Å². The highest BCUT2D eigenvalue weighted by atomic mass is 32.2. The van der Waals surface area contributed by atoms with Gasteiger partial charge in [-0.15, -0.1) is 0 Å². The van der Waals surface area contributed by atoms with E-state index in [0.29, 0.717) is 24.8 Å². The van der Waals surface area contributed by atoms with E-state index in [1.807, 2.05) is 44.2 Å². The van der Waals surface area contributed by atoms with Crippen molar-refractivity contribution in [1.29, 1.82) is 0 Å². The van der Waals surface area contributed by atoms with Crippen molar-refractivity contribution in [2.45, 2.75) is 24.3 Å². The van der Waals surface area contributed by atoms with Gasteiger partial charge in [0.1, 0.15) is 0 Å². The van der Waals surface area contributed by atoms with E-state index < -0.39 is 10.8 Å². The Labute approximate surface area is 129 Å². The van der Waals surface area contributed by atoms with Gasteiger partial charge in [-0.3, -0.25) is 9.20 Å². The zero-order valence-corrected chi connectivity index (χ0v) is 14.0. The molecular formula is C15H25N3O2S. The molecule has 0 fully saturated rings. The van der Waals surface area contributed by atoms with Crippen LogP contribution in [0, 0.1) is 0 Å². The van der Waals surface area contributed by atoms with Gasteiger partial charge in [-0.2, -0.15) is 0 Å². The lowest BCUT2D eigenvalue weighted by Crippen LogP contribution is -2.46. The number of benzene rings is 1. The molecule has 5 nitrogen and oxygen atoms in total. The van der Waals surface area contributed by atoms with Gasteiger partial charge >= 0.3 is 0 Å². The summed E-state index contributed by atoms with van der Waals surface area (Å²) in [4.78, 5) is 4.98. The number of nitrogens with zero attached hydrogens (tertiary/aromatic N) is 1. The maximum Gasteiger partial charge on any atom is 0.191 e. The minimum absolute atomic E-state index is 0.259. The fraction of sp³-hybridized carbons (Fsp3) is 0.533. The second-order valence-electron chi connectivity index (χ2n) is 5.18. The Morgan fingerprint density at radius 2 is 1.95 bits per heavy atom. The molecule has 2 N–H and O–H groups in total. The van der Waals surface area contributed by atoms with Crippen LogP contribution in [0.2, 0.25) is 0 Å². The average Bonchev–Trinajstić information content (AvgIpc) is 2.51. The van der Waals surface area contributed by atoms with Gasteiger partial charge in [0.2, 0.25) is 0 Å². The largest absolute Gasteiger partial charge is 0.377 e. The van der Waals surface area contributed by atoms with Crippen LogP contribution < -0.4 is 10.6 Å². The van der Waals surface area contributed by atoms with Crippen molar-refractivity contribution in [3.05, 3.63) is 30.3 Å². The van der Waals surface area contributed by atoms with Gasteiger partial charge in [-0.05, 0) is 26.0 Å². The third-order valence-electron chi connectivity index (χ3n) is 3.04. The molecule has 0 saturated heterocycles. The summed E-state index contributed by atoms with van der Waals surface area (Å²) in [5.74, 6) is 1.23. The smallest absolute Gasteiger partial charge is 0.191 e. The first-order valence-corrected chi connectivity index (χ1v) is 8.23. The molecule has 1 atom stereocenters. The quantitative estimate of drug-likeness (QED) is 0.590. The molecule has 118 valence electrons. The molecule has 1 rings (SSSR count). The maximum atomic E-state index is 12.1. The van der Waals surface area contributed by atoms with Crippen molar-refractivity contribution >= 4 is 16.8 Å². The van der Waals surface area contributed by atoms with Crippen molar-refractivity contribution in [2.24, 2.45) is 4.99 Å². The summed E-state index contributed by atoms with van der Waals surface area (Å²) in [7, 11) is 2.40. The number of aliphatic imine (C=N–C) groups is 1. The van der Waals surface area contributed by atoms with E-state index in [9.17, 15) is 4.21 Å². The van der Waals surface area contributed by atoms with E-state index in [1.165, 1.54) is 0 Å². The van der Waals surface area contributed by atoms with Gasteiger partial charge in [-0.25, -0.2) is 0 Å². The molecule has 0 radical (unpaired) electrons. The Morgan fingerprint density at radius 1 is 1.29 bits per heavy atom. The minimum Gasteiger partial charge on any atom is -0.377 e. The molecule has 1 aromatic carbocycles. The second kappa shape index (κ2) is 8.79. The SMILES string of the molecule is CN=C(NCCS(=O)c1ccccc1)NCC(C)(C)OC. The van der Waals surface area contributed by atoms with Crippen LogP contribution in [0.5, 0.6) is 0 Å². The van der Waals surface area contributed by atoms with Crippen LogP contribution in [-0.4, -0.2) is 48.8 Å². The summed E-state index contributed by atoms with van der Waals surface area (Å²) in [5, 5.41) is 6.35. The van der Waals surface area contributed by atoms with Crippen molar-refractivity contribution in [3.63, 3.8) is 0 Å². The number of methoxy groups -OCH3 is 1. The Balaban J connectivity index is 2.35. The third kappa shape index (κ3) is 6.73. The van der Waals surface area contributed by atoms with E-state index in [-0.39, 0.29) is 5.60 Å². The molecule has 0 heterocycles. The fourth-order valence-corrected chi connectivity index (χ4v) is 2.53. The van der Waals surface area contributed by atoms with Crippen molar-refractivity contribution in [3.8, 4) is 0 Å². The highest BCUT2D eigenvalue weighted by Crippen LogP contribution is 2.05. The van der Waals surface area contributed by atoms with Crippen LogP contribution in [0.25, 0.3) is 0 Å². The van der Waals surface area contributed by atoms with Crippen LogP contribution >= 0.6 is 0 Å². The summed E-state index contributed by atoms with van der Waals surface area (Å²) in [5.41, 5.74) is -0.259. The molecule has 0 aliphatic carbocycles. The van der Waals surface area contributed by atoms with Crippen LogP contribution in [-0.2, 0) is 15.5 Å². The van der Waals surface area contributed by atoms with E-state index in [0.717, 1.165) is 4.90 Å². The Morgan fingerprint density at radius 3 is 2.52 bits per heavy atom. The second-order valence-corrected chi connectivity index (χ2v) is 6.75. The molecule has 1 unspecified atom stereocenters. The maximum absolute atomic E-state index is 12.1. The number of nitrogens with one attached hydrogen (secondary N) is 2. The van der Waals surface area contributed by atoms with E-state index in [4.69, 9.17) is 4.74 Å². The number of ether oxygens (including phenoxy) is 1. The molecule has 1 aromatic rings. The molecule has 21 heavy (non-hydrogen) atoms. The number of rotatable bonds is 7. The lowest BCUT2D eigenvalue weighted by Gasteiger charge is -2.24. The predicted octanol–water partition coefficient (Wildman–Crippen LogP) is 1.38.